The van der Waals surface area contributed by atoms with Crippen LogP contribution in [0.2, 0.25) is 0 Å². The predicted octanol–water partition coefficient (Wildman–Crippen LogP) is 1.53. The Labute approximate surface area is 116 Å². The second-order valence-electron chi connectivity index (χ2n) is 3.93. The average molecular weight is 275 g/mol. The average Bonchev–Trinajstić information content (AvgIpc) is 2.45. The minimum atomic E-state index is -0.771. The molecule has 0 bridgehead atoms. The van der Waals surface area contributed by atoms with E-state index in [9.17, 15) is 9.18 Å². The molecule has 6 nitrogen and oxygen atoms in total. The molecular weight excluding hydrogens is 261 g/mol. The Bertz CT molecular complexity index is 545. The lowest BCUT2D eigenvalue weighted by Crippen LogP contribution is -2.32. The summed E-state index contributed by atoms with van der Waals surface area (Å²) in [6, 6.07) is 4.78. The van der Waals surface area contributed by atoms with Gasteiger partial charge in [0, 0.05) is 12.7 Å². The number of aromatic nitrogens is 1. The van der Waals surface area contributed by atoms with E-state index < -0.39 is 11.7 Å². The summed E-state index contributed by atoms with van der Waals surface area (Å²) in [5.41, 5.74) is -0.205. The number of nitrogens with zero attached hydrogens (tertiary/aromatic N) is 4. The first kappa shape index (κ1) is 15.4. The van der Waals surface area contributed by atoms with Gasteiger partial charge in [-0.15, -0.1) is 0 Å². The van der Waals surface area contributed by atoms with E-state index in [0.29, 0.717) is 6.54 Å². The van der Waals surface area contributed by atoms with Crippen molar-refractivity contribution in [1.82, 2.24) is 9.88 Å². The Kier molecular flexibility index (Phi) is 5.92. The van der Waals surface area contributed by atoms with E-state index in [1.165, 1.54) is 12.3 Å². The molecule has 0 aliphatic carbocycles. The van der Waals surface area contributed by atoms with Crippen molar-refractivity contribution in [3.63, 3.8) is 0 Å². The van der Waals surface area contributed by atoms with Crippen LogP contribution in [0.3, 0.4) is 0 Å². The first-order valence-corrected chi connectivity index (χ1v) is 6.07. The maximum Gasteiger partial charge on any atom is 0.258 e. The van der Waals surface area contributed by atoms with E-state index in [1.807, 2.05) is 6.92 Å². The number of carbonyl (C=O) groups is 1. The maximum atomic E-state index is 14.1. The molecule has 1 rings (SSSR count). The van der Waals surface area contributed by atoms with Crippen molar-refractivity contribution in [3.05, 3.63) is 23.6 Å². The number of nitriles is 2. The van der Waals surface area contributed by atoms with Gasteiger partial charge in [-0.3, -0.25) is 4.79 Å². The quantitative estimate of drug-likeness (QED) is 0.795. The topological polar surface area (TPSA) is 92.8 Å². The second kappa shape index (κ2) is 7.70. The van der Waals surface area contributed by atoms with Crippen LogP contribution in [0.25, 0.3) is 0 Å². The third-order valence-electron chi connectivity index (χ3n) is 2.47. The zero-order valence-corrected chi connectivity index (χ0v) is 11.1. The summed E-state index contributed by atoms with van der Waals surface area (Å²) in [7, 11) is 0. The van der Waals surface area contributed by atoms with Gasteiger partial charge in [0.2, 0.25) is 0 Å². The maximum absolute atomic E-state index is 14.1. The van der Waals surface area contributed by atoms with Gasteiger partial charge in [-0.25, -0.2) is 9.37 Å². The molecule has 0 aliphatic rings. The van der Waals surface area contributed by atoms with Crippen LogP contribution >= 0.6 is 0 Å². The van der Waals surface area contributed by atoms with Gasteiger partial charge in [0.15, 0.2) is 11.6 Å². The molecule has 1 aromatic rings. The van der Waals surface area contributed by atoms with Gasteiger partial charge in [0.05, 0.1) is 17.7 Å². The molecule has 0 aromatic carbocycles. The fraction of sp³-hybridized carbons (Fsp3) is 0.385. The Morgan fingerprint density at radius 3 is 2.65 bits per heavy atom. The SMILES string of the molecule is CCCNc1nccc(C(=O)N(CC#N)CC#N)c1F. The van der Waals surface area contributed by atoms with Crippen molar-refractivity contribution >= 4 is 11.7 Å². The molecule has 0 saturated carbocycles. The Morgan fingerprint density at radius 1 is 1.45 bits per heavy atom. The highest BCUT2D eigenvalue weighted by Crippen LogP contribution is 2.16. The largest absolute Gasteiger partial charge is 0.368 e. The molecule has 0 unspecified atom stereocenters. The zero-order chi connectivity index (χ0) is 15.0. The lowest BCUT2D eigenvalue weighted by atomic mass is 10.2. The highest BCUT2D eigenvalue weighted by molar-refractivity contribution is 5.95. The third kappa shape index (κ3) is 3.66. The van der Waals surface area contributed by atoms with Crippen LogP contribution in [0.4, 0.5) is 10.2 Å². The Morgan fingerprint density at radius 2 is 2.10 bits per heavy atom. The molecule has 104 valence electrons. The number of anilines is 1. The van der Waals surface area contributed by atoms with Crippen LogP contribution in [-0.2, 0) is 0 Å². The Balaban J connectivity index is 3.03. The fourth-order valence-corrected chi connectivity index (χ4v) is 1.52. The summed E-state index contributed by atoms with van der Waals surface area (Å²) in [5.74, 6) is -1.48. The van der Waals surface area contributed by atoms with Gasteiger partial charge in [-0.05, 0) is 12.5 Å². The predicted molar refractivity (Wildman–Crippen MR) is 70.1 cm³/mol. The van der Waals surface area contributed by atoms with Crippen molar-refractivity contribution in [2.24, 2.45) is 0 Å². The third-order valence-corrected chi connectivity index (χ3v) is 2.47. The minimum absolute atomic E-state index is 0.00781. The molecule has 0 aliphatic heterocycles. The molecular formula is C13H14FN5O. The molecule has 0 saturated heterocycles. The summed E-state index contributed by atoms with van der Waals surface area (Å²) >= 11 is 0. The van der Waals surface area contributed by atoms with Crippen LogP contribution in [0, 0.1) is 28.5 Å². The van der Waals surface area contributed by atoms with Gasteiger partial charge >= 0.3 is 0 Å². The van der Waals surface area contributed by atoms with E-state index >= 15 is 0 Å². The summed E-state index contributed by atoms with van der Waals surface area (Å²) < 4.78 is 14.1. The van der Waals surface area contributed by atoms with Gasteiger partial charge in [0.1, 0.15) is 13.1 Å². The van der Waals surface area contributed by atoms with Crippen molar-refractivity contribution in [3.8, 4) is 12.1 Å². The summed E-state index contributed by atoms with van der Waals surface area (Å²) in [5, 5.41) is 20.0. The molecule has 0 radical (unpaired) electrons. The summed E-state index contributed by atoms with van der Waals surface area (Å²) in [6.45, 7) is 1.90. The number of rotatable bonds is 6. The highest BCUT2D eigenvalue weighted by Gasteiger charge is 2.21. The van der Waals surface area contributed by atoms with Crippen LogP contribution < -0.4 is 5.32 Å². The molecule has 0 spiro atoms. The molecule has 0 fully saturated rings. The molecule has 1 N–H and O–H groups in total. The number of hydrogen-bond acceptors (Lipinski definition) is 5. The highest BCUT2D eigenvalue weighted by atomic mass is 19.1. The molecule has 20 heavy (non-hydrogen) atoms. The smallest absolute Gasteiger partial charge is 0.258 e. The molecule has 1 aromatic heterocycles. The van der Waals surface area contributed by atoms with E-state index in [4.69, 9.17) is 10.5 Å². The van der Waals surface area contributed by atoms with Crippen molar-refractivity contribution in [2.75, 3.05) is 25.0 Å². The van der Waals surface area contributed by atoms with Gasteiger partial charge in [-0.1, -0.05) is 6.92 Å². The van der Waals surface area contributed by atoms with Crippen molar-refractivity contribution < 1.29 is 9.18 Å². The molecule has 7 heteroatoms. The van der Waals surface area contributed by atoms with E-state index in [2.05, 4.69) is 10.3 Å². The summed E-state index contributed by atoms with van der Waals surface area (Å²) in [6.07, 6.45) is 2.10. The van der Waals surface area contributed by atoms with Gasteiger partial charge in [-0.2, -0.15) is 10.5 Å². The zero-order valence-electron chi connectivity index (χ0n) is 11.1. The van der Waals surface area contributed by atoms with Crippen molar-refractivity contribution in [2.45, 2.75) is 13.3 Å². The van der Waals surface area contributed by atoms with E-state index in [0.717, 1.165) is 11.3 Å². The van der Waals surface area contributed by atoms with Crippen LogP contribution in [-0.4, -0.2) is 35.4 Å². The molecule has 1 heterocycles. The lowest BCUT2D eigenvalue weighted by molar-refractivity contribution is 0.0790. The van der Waals surface area contributed by atoms with Gasteiger partial charge in [0.25, 0.3) is 5.91 Å². The van der Waals surface area contributed by atoms with E-state index in [1.54, 1.807) is 12.1 Å². The minimum Gasteiger partial charge on any atom is -0.368 e. The first-order chi connectivity index (χ1) is 9.65. The Hall–Kier alpha value is -2.67. The number of carbonyl (C=O) groups excluding carboxylic acids is 1. The number of amides is 1. The standard InChI is InChI=1S/C13H14FN5O/c1-2-6-17-12-11(14)10(3-7-18-12)13(20)19(8-4-15)9-5-16/h3,7H,2,6,8-9H2,1H3,(H,17,18). The summed E-state index contributed by atoms with van der Waals surface area (Å²) in [4.78, 5) is 16.9. The van der Waals surface area contributed by atoms with E-state index in [-0.39, 0.29) is 24.5 Å². The number of hydrogen-bond donors (Lipinski definition) is 1. The number of pyridine rings is 1. The number of nitrogens with one attached hydrogen (secondary N) is 1. The molecule has 0 atom stereocenters. The van der Waals surface area contributed by atoms with Crippen LogP contribution in [0.15, 0.2) is 12.3 Å². The van der Waals surface area contributed by atoms with Crippen LogP contribution in [0.5, 0.6) is 0 Å². The normalized spacial score (nSPS) is 9.40. The van der Waals surface area contributed by atoms with Crippen LogP contribution in [0.1, 0.15) is 23.7 Å². The van der Waals surface area contributed by atoms with Gasteiger partial charge < -0.3 is 10.2 Å². The monoisotopic (exact) mass is 275 g/mol. The van der Waals surface area contributed by atoms with Crippen molar-refractivity contribution in [1.29, 1.82) is 10.5 Å². The lowest BCUT2D eigenvalue weighted by Gasteiger charge is -2.17. The fourth-order valence-electron chi connectivity index (χ4n) is 1.52. The molecule has 1 amide bonds. The first-order valence-electron chi connectivity index (χ1n) is 6.07. The second-order valence-corrected chi connectivity index (χ2v) is 3.93. The number of halogens is 1.